The van der Waals surface area contributed by atoms with Gasteiger partial charge >= 0.3 is 0 Å². The Hall–Kier alpha value is -0.660. The molecule has 23 heavy (non-hydrogen) atoms. The van der Waals surface area contributed by atoms with E-state index in [1.807, 2.05) is 26.2 Å². The summed E-state index contributed by atoms with van der Waals surface area (Å²) < 4.78 is 27.5. The van der Waals surface area contributed by atoms with E-state index in [2.05, 4.69) is 17.1 Å². The van der Waals surface area contributed by atoms with Crippen molar-refractivity contribution in [3.63, 3.8) is 0 Å². The lowest BCUT2D eigenvalue weighted by atomic mass is 10.1. The van der Waals surface area contributed by atoms with Crippen LogP contribution in [0.15, 0.2) is 29.2 Å². The number of nitrogens with one attached hydrogen (secondary N) is 1. The third-order valence-electron chi connectivity index (χ3n) is 3.95. The molecule has 1 aromatic rings. The van der Waals surface area contributed by atoms with Gasteiger partial charge in [0.15, 0.2) is 0 Å². The Bertz CT molecular complexity index is 573. The van der Waals surface area contributed by atoms with Crippen LogP contribution in [0.4, 0.5) is 0 Å². The molecule has 0 amide bonds. The lowest BCUT2D eigenvalue weighted by Gasteiger charge is -2.35. The molecule has 1 aliphatic rings. The highest BCUT2D eigenvalue weighted by molar-refractivity contribution is 7.89. The third-order valence-corrected chi connectivity index (χ3v) is 5.91. The van der Waals surface area contributed by atoms with Gasteiger partial charge in [0.05, 0.1) is 4.90 Å². The summed E-state index contributed by atoms with van der Waals surface area (Å²) in [6.07, 6.45) is 1.88. The number of halogens is 1. The zero-order valence-electron chi connectivity index (χ0n) is 14.2. The Morgan fingerprint density at radius 3 is 2.48 bits per heavy atom. The van der Waals surface area contributed by atoms with Crippen molar-refractivity contribution < 1.29 is 8.42 Å². The lowest BCUT2D eigenvalue weighted by molar-refractivity contribution is 0.254. The fourth-order valence-electron chi connectivity index (χ4n) is 2.91. The van der Waals surface area contributed by atoms with Gasteiger partial charge < -0.3 is 10.2 Å². The minimum absolute atomic E-state index is 0. The van der Waals surface area contributed by atoms with Crippen molar-refractivity contribution in [1.82, 2.24) is 14.5 Å². The maximum Gasteiger partial charge on any atom is 0.243 e. The fraction of sp³-hybridized carbons (Fsp3) is 0.625. The molecule has 2 rings (SSSR count). The van der Waals surface area contributed by atoms with E-state index in [1.54, 1.807) is 16.4 Å². The molecule has 7 heteroatoms. The second kappa shape index (κ2) is 8.99. The fourth-order valence-corrected chi connectivity index (χ4v) is 4.56. The molecule has 132 valence electrons. The second-order valence-electron chi connectivity index (χ2n) is 6.14. The Balaban J connectivity index is 0.00000264. The molecule has 1 unspecified atom stereocenters. The van der Waals surface area contributed by atoms with Crippen molar-refractivity contribution in [3.05, 3.63) is 29.8 Å². The normalized spacial score (nSPS) is 19.6. The van der Waals surface area contributed by atoms with Crippen LogP contribution in [-0.2, 0) is 16.6 Å². The summed E-state index contributed by atoms with van der Waals surface area (Å²) in [4.78, 5) is 2.47. The van der Waals surface area contributed by atoms with E-state index in [0.717, 1.165) is 38.0 Å². The number of sulfonamides is 1. The van der Waals surface area contributed by atoms with Crippen molar-refractivity contribution in [1.29, 1.82) is 0 Å². The molecular weight excluding hydrogens is 334 g/mol. The first-order valence-electron chi connectivity index (χ1n) is 7.91. The summed E-state index contributed by atoms with van der Waals surface area (Å²) in [5.74, 6) is 0. The lowest BCUT2D eigenvalue weighted by Crippen LogP contribution is -2.53. The zero-order valence-corrected chi connectivity index (χ0v) is 15.8. The Morgan fingerprint density at radius 2 is 1.91 bits per heavy atom. The van der Waals surface area contributed by atoms with Gasteiger partial charge in [-0.1, -0.05) is 25.5 Å². The molecule has 0 aliphatic carbocycles. The van der Waals surface area contributed by atoms with Gasteiger partial charge in [0, 0.05) is 32.2 Å². The van der Waals surface area contributed by atoms with Gasteiger partial charge in [-0.15, -0.1) is 12.4 Å². The SMILES string of the molecule is CCCC1CNCCN1S(=O)(=O)c1ccc(CN(C)C)cc1.Cl. The predicted octanol–water partition coefficient (Wildman–Crippen LogP) is 1.93. The first kappa shape index (κ1) is 20.4. The zero-order chi connectivity index (χ0) is 16.2. The van der Waals surface area contributed by atoms with Crippen LogP contribution in [0.25, 0.3) is 0 Å². The molecule has 0 bridgehead atoms. The van der Waals surface area contributed by atoms with Gasteiger partial charge in [-0.05, 0) is 38.2 Å². The first-order chi connectivity index (χ1) is 10.4. The molecule has 1 N–H and O–H groups in total. The smallest absolute Gasteiger partial charge is 0.243 e. The number of piperazine rings is 1. The van der Waals surface area contributed by atoms with Crippen LogP contribution in [0.5, 0.6) is 0 Å². The molecule has 1 fully saturated rings. The van der Waals surface area contributed by atoms with Crippen LogP contribution in [0, 0.1) is 0 Å². The molecular formula is C16H28ClN3O2S. The van der Waals surface area contributed by atoms with Crippen molar-refractivity contribution >= 4 is 22.4 Å². The third kappa shape index (κ3) is 5.16. The minimum atomic E-state index is -3.40. The summed E-state index contributed by atoms with van der Waals surface area (Å²) in [7, 11) is 0.603. The second-order valence-corrected chi connectivity index (χ2v) is 8.03. The van der Waals surface area contributed by atoms with Crippen LogP contribution < -0.4 is 5.32 Å². The van der Waals surface area contributed by atoms with Gasteiger partial charge in [-0.2, -0.15) is 4.31 Å². The molecule has 0 aromatic heterocycles. The van der Waals surface area contributed by atoms with E-state index in [-0.39, 0.29) is 18.4 Å². The highest BCUT2D eigenvalue weighted by Gasteiger charge is 2.32. The summed E-state index contributed by atoms with van der Waals surface area (Å²) in [6.45, 7) is 4.91. The molecule has 1 aromatic carbocycles. The van der Waals surface area contributed by atoms with Gasteiger partial charge in [0.1, 0.15) is 0 Å². The number of nitrogens with zero attached hydrogens (tertiary/aromatic N) is 2. The Morgan fingerprint density at radius 1 is 1.26 bits per heavy atom. The highest BCUT2D eigenvalue weighted by atomic mass is 35.5. The molecule has 1 saturated heterocycles. The van der Waals surface area contributed by atoms with E-state index >= 15 is 0 Å². The van der Waals surface area contributed by atoms with E-state index in [4.69, 9.17) is 0 Å². The van der Waals surface area contributed by atoms with Gasteiger partial charge in [-0.25, -0.2) is 8.42 Å². The predicted molar refractivity (Wildman–Crippen MR) is 96.5 cm³/mol. The molecule has 1 atom stereocenters. The summed E-state index contributed by atoms with van der Waals surface area (Å²) in [5.41, 5.74) is 1.12. The molecule has 0 spiro atoms. The molecule has 5 nitrogen and oxygen atoms in total. The molecule has 0 radical (unpaired) electrons. The Kier molecular flexibility index (Phi) is 7.97. The number of benzene rings is 1. The number of rotatable bonds is 6. The van der Waals surface area contributed by atoms with Crippen LogP contribution >= 0.6 is 12.4 Å². The average molecular weight is 362 g/mol. The summed E-state index contributed by atoms with van der Waals surface area (Å²) >= 11 is 0. The van der Waals surface area contributed by atoms with E-state index < -0.39 is 10.0 Å². The topological polar surface area (TPSA) is 52.7 Å². The number of hydrogen-bond donors (Lipinski definition) is 1. The standard InChI is InChI=1S/C16H27N3O2S.ClH/c1-4-5-15-12-17-10-11-19(15)22(20,21)16-8-6-14(7-9-16)13-18(2)3;/h6-9,15,17H,4-5,10-13H2,1-3H3;1H. The Labute approximate surface area is 146 Å². The maximum absolute atomic E-state index is 12.9. The van der Waals surface area contributed by atoms with Gasteiger partial charge in [0.25, 0.3) is 0 Å². The number of hydrogen-bond acceptors (Lipinski definition) is 4. The quantitative estimate of drug-likeness (QED) is 0.841. The molecule has 1 aliphatic heterocycles. The van der Waals surface area contributed by atoms with E-state index in [9.17, 15) is 8.42 Å². The summed E-state index contributed by atoms with van der Waals surface area (Å²) in [5, 5.41) is 3.29. The monoisotopic (exact) mass is 361 g/mol. The summed E-state index contributed by atoms with van der Waals surface area (Å²) in [6, 6.07) is 7.34. The maximum atomic E-state index is 12.9. The first-order valence-corrected chi connectivity index (χ1v) is 9.35. The van der Waals surface area contributed by atoms with E-state index in [0.29, 0.717) is 11.4 Å². The van der Waals surface area contributed by atoms with Crippen molar-refractivity contribution in [2.45, 2.75) is 37.2 Å². The largest absolute Gasteiger partial charge is 0.314 e. The average Bonchev–Trinajstić information content (AvgIpc) is 2.48. The van der Waals surface area contributed by atoms with Crippen molar-refractivity contribution in [3.8, 4) is 0 Å². The van der Waals surface area contributed by atoms with Crippen LogP contribution in [0.1, 0.15) is 25.3 Å². The van der Waals surface area contributed by atoms with E-state index in [1.165, 1.54) is 0 Å². The van der Waals surface area contributed by atoms with Crippen molar-refractivity contribution in [2.75, 3.05) is 33.7 Å². The van der Waals surface area contributed by atoms with Crippen LogP contribution in [0.3, 0.4) is 0 Å². The van der Waals surface area contributed by atoms with Crippen LogP contribution in [0.2, 0.25) is 0 Å². The highest BCUT2D eigenvalue weighted by Crippen LogP contribution is 2.22. The van der Waals surface area contributed by atoms with Crippen molar-refractivity contribution in [2.24, 2.45) is 0 Å². The van der Waals surface area contributed by atoms with Gasteiger partial charge in [0.2, 0.25) is 10.0 Å². The van der Waals surface area contributed by atoms with Gasteiger partial charge in [-0.3, -0.25) is 0 Å². The molecule has 0 saturated carbocycles. The minimum Gasteiger partial charge on any atom is -0.314 e. The van der Waals surface area contributed by atoms with Crippen LogP contribution in [-0.4, -0.2) is 57.4 Å². The molecule has 1 heterocycles.